The molecule has 10 heteroatoms. The number of carbonyl (C=O) groups is 2. The molecule has 0 fully saturated rings. The molecule has 38 heavy (non-hydrogen) atoms. The summed E-state index contributed by atoms with van der Waals surface area (Å²) in [5.74, 6) is -1.20. The second-order valence-corrected chi connectivity index (χ2v) is 11.0. The van der Waals surface area contributed by atoms with Gasteiger partial charge in [0.2, 0.25) is 5.91 Å². The summed E-state index contributed by atoms with van der Waals surface area (Å²) >= 11 is 2.74. The van der Waals surface area contributed by atoms with E-state index in [1.165, 1.54) is 35.9 Å². The molecule has 0 radical (unpaired) electrons. The van der Waals surface area contributed by atoms with Crippen LogP contribution in [0, 0.1) is 5.82 Å². The highest BCUT2D eigenvalue weighted by molar-refractivity contribution is 7.99. The number of benzene rings is 2. The fourth-order valence-electron chi connectivity index (χ4n) is 4.62. The zero-order valence-electron chi connectivity index (χ0n) is 20.8. The Morgan fingerprint density at radius 3 is 2.68 bits per heavy atom. The normalized spacial score (nSPS) is 12.8. The highest BCUT2D eigenvalue weighted by Crippen LogP contribution is 2.34. The third kappa shape index (κ3) is 5.51. The van der Waals surface area contributed by atoms with Crippen molar-refractivity contribution in [2.24, 2.45) is 0 Å². The van der Waals surface area contributed by atoms with Gasteiger partial charge in [-0.3, -0.25) is 14.2 Å². The molecule has 7 nitrogen and oxygen atoms in total. The predicted octanol–water partition coefficient (Wildman–Crippen LogP) is 5.24. The van der Waals surface area contributed by atoms with Crippen molar-refractivity contribution in [2.75, 3.05) is 18.2 Å². The van der Waals surface area contributed by atoms with E-state index in [1.807, 2.05) is 0 Å². The molecule has 1 N–H and O–H groups in total. The molecule has 5 rings (SSSR count). The van der Waals surface area contributed by atoms with Gasteiger partial charge in [-0.1, -0.05) is 36.0 Å². The summed E-state index contributed by atoms with van der Waals surface area (Å²) < 4.78 is 19.8. The number of halogens is 1. The number of hydrogen-bond acceptors (Lipinski definition) is 7. The van der Waals surface area contributed by atoms with Gasteiger partial charge in [-0.05, 0) is 67.5 Å². The maximum absolute atomic E-state index is 13.8. The summed E-state index contributed by atoms with van der Waals surface area (Å²) in [5, 5.41) is 3.90. The monoisotopic (exact) mass is 551 g/mol. The first-order chi connectivity index (χ1) is 18.4. The number of nitrogens with zero attached hydrogens (tertiary/aromatic N) is 2. The van der Waals surface area contributed by atoms with E-state index in [0.29, 0.717) is 34.0 Å². The number of fused-ring (bicyclic) bond motifs is 3. The van der Waals surface area contributed by atoms with Crippen LogP contribution in [0.4, 0.5) is 10.1 Å². The van der Waals surface area contributed by atoms with Crippen molar-refractivity contribution in [1.29, 1.82) is 0 Å². The molecule has 2 aromatic carbocycles. The molecule has 0 bridgehead atoms. The van der Waals surface area contributed by atoms with E-state index in [2.05, 4.69) is 5.32 Å². The van der Waals surface area contributed by atoms with Crippen molar-refractivity contribution in [3.63, 3.8) is 0 Å². The summed E-state index contributed by atoms with van der Waals surface area (Å²) in [7, 11) is 1.28. The molecule has 0 aliphatic heterocycles. The average Bonchev–Trinajstić information content (AvgIpc) is 3.31. The Bertz CT molecular complexity index is 1560. The Labute approximate surface area is 227 Å². The standard InChI is InChI=1S/C28H26FN3O4S2/c1-36-27(35)19-6-2-4-8-21(19)30-23(33)16-37-28-31-25-24(20-7-3-5-9-22(20)38-25)26(34)32(28)15-14-17-10-12-18(29)13-11-17/h2,4,6,8,10-13H,3,5,7,9,14-16H2,1H3,(H,30,33). The molecule has 0 spiro atoms. The molecule has 1 aliphatic rings. The number of hydrogen-bond donors (Lipinski definition) is 1. The third-order valence-corrected chi connectivity index (χ3v) is 8.68. The molecule has 4 aromatic rings. The molecule has 0 atom stereocenters. The zero-order chi connectivity index (χ0) is 26.6. The SMILES string of the molecule is COC(=O)c1ccccc1NC(=O)CSc1nc2sc3c(c2c(=O)n1CCc1ccc(F)cc1)CCCC3. The second kappa shape index (κ2) is 11.5. The van der Waals surface area contributed by atoms with Crippen molar-refractivity contribution in [2.45, 2.75) is 43.8 Å². The number of thiophene rings is 1. The van der Waals surface area contributed by atoms with Crippen molar-refractivity contribution in [3.05, 3.63) is 86.3 Å². The summed E-state index contributed by atoms with van der Waals surface area (Å²) in [6, 6.07) is 12.8. The number of aromatic nitrogens is 2. The minimum absolute atomic E-state index is 0.00487. The average molecular weight is 552 g/mol. The number of amides is 1. The Morgan fingerprint density at radius 1 is 1.13 bits per heavy atom. The lowest BCUT2D eigenvalue weighted by Crippen LogP contribution is -2.25. The Kier molecular flexibility index (Phi) is 7.90. The molecule has 196 valence electrons. The summed E-state index contributed by atoms with van der Waals surface area (Å²) in [6.07, 6.45) is 4.51. The number of methoxy groups -OCH3 is 1. The smallest absolute Gasteiger partial charge is 0.339 e. The van der Waals surface area contributed by atoms with Gasteiger partial charge in [0.1, 0.15) is 10.6 Å². The number of nitrogens with one attached hydrogen (secondary N) is 1. The fraction of sp³-hybridized carbons (Fsp3) is 0.286. The molecular weight excluding hydrogens is 525 g/mol. The largest absolute Gasteiger partial charge is 0.465 e. The van der Waals surface area contributed by atoms with Crippen LogP contribution < -0.4 is 10.9 Å². The Morgan fingerprint density at radius 2 is 1.89 bits per heavy atom. The van der Waals surface area contributed by atoms with Gasteiger partial charge in [0.25, 0.3) is 5.56 Å². The molecule has 1 amide bonds. The molecule has 0 unspecified atom stereocenters. The minimum atomic E-state index is -0.544. The summed E-state index contributed by atoms with van der Waals surface area (Å²) in [4.78, 5) is 45.4. The molecular formula is C28H26FN3O4S2. The van der Waals surface area contributed by atoms with Gasteiger partial charge in [-0.25, -0.2) is 14.2 Å². The third-order valence-electron chi connectivity index (χ3n) is 6.52. The van der Waals surface area contributed by atoms with Gasteiger partial charge in [0.15, 0.2) is 5.16 Å². The number of thioether (sulfide) groups is 1. The van der Waals surface area contributed by atoms with Crippen LogP contribution >= 0.6 is 23.1 Å². The molecule has 2 heterocycles. The van der Waals surface area contributed by atoms with E-state index in [9.17, 15) is 18.8 Å². The fourth-order valence-corrected chi connectivity index (χ4v) is 6.74. The predicted molar refractivity (Wildman–Crippen MR) is 148 cm³/mol. The molecule has 0 saturated heterocycles. The van der Waals surface area contributed by atoms with E-state index in [4.69, 9.17) is 9.72 Å². The van der Waals surface area contributed by atoms with E-state index < -0.39 is 5.97 Å². The van der Waals surface area contributed by atoms with Crippen LogP contribution in [0.2, 0.25) is 0 Å². The maximum atomic E-state index is 13.8. The number of esters is 1. The lowest BCUT2D eigenvalue weighted by Gasteiger charge is -2.14. The van der Waals surface area contributed by atoms with Gasteiger partial charge in [-0.2, -0.15) is 0 Å². The first-order valence-electron chi connectivity index (χ1n) is 12.3. The van der Waals surface area contributed by atoms with Gasteiger partial charge in [0.05, 0.1) is 29.5 Å². The first kappa shape index (κ1) is 26.1. The van der Waals surface area contributed by atoms with E-state index in [1.54, 1.807) is 52.3 Å². The molecule has 0 saturated carbocycles. The van der Waals surface area contributed by atoms with Gasteiger partial charge < -0.3 is 10.1 Å². The first-order valence-corrected chi connectivity index (χ1v) is 14.1. The number of anilines is 1. The van der Waals surface area contributed by atoms with E-state index in [0.717, 1.165) is 36.8 Å². The highest BCUT2D eigenvalue weighted by Gasteiger charge is 2.23. The van der Waals surface area contributed by atoms with E-state index >= 15 is 0 Å². The van der Waals surface area contributed by atoms with E-state index in [-0.39, 0.29) is 28.6 Å². The lowest BCUT2D eigenvalue weighted by atomic mass is 9.97. The van der Waals surface area contributed by atoms with Crippen molar-refractivity contribution >= 4 is 50.9 Å². The van der Waals surface area contributed by atoms with Crippen LogP contribution in [0.25, 0.3) is 10.2 Å². The van der Waals surface area contributed by atoms with Crippen LogP contribution in [0.3, 0.4) is 0 Å². The maximum Gasteiger partial charge on any atom is 0.339 e. The van der Waals surface area contributed by atoms with Gasteiger partial charge in [-0.15, -0.1) is 11.3 Å². The topological polar surface area (TPSA) is 90.3 Å². The second-order valence-electron chi connectivity index (χ2n) is 8.99. The van der Waals surface area contributed by atoms with Gasteiger partial charge in [0, 0.05) is 11.4 Å². The van der Waals surface area contributed by atoms with Crippen LogP contribution in [-0.2, 0) is 35.3 Å². The Hall–Kier alpha value is -3.50. The van der Waals surface area contributed by atoms with Crippen molar-refractivity contribution in [1.82, 2.24) is 9.55 Å². The van der Waals surface area contributed by atoms with Crippen molar-refractivity contribution < 1.29 is 18.7 Å². The highest BCUT2D eigenvalue weighted by atomic mass is 32.2. The van der Waals surface area contributed by atoms with Crippen LogP contribution in [0.5, 0.6) is 0 Å². The van der Waals surface area contributed by atoms with Crippen molar-refractivity contribution in [3.8, 4) is 0 Å². The number of ether oxygens (including phenoxy) is 1. The summed E-state index contributed by atoms with van der Waals surface area (Å²) in [6.45, 7) is 0.354. The number of carbonyl (C=O) groups excluding carboxylic acids is 2. The zero-order valence-corrected chi connectivity index (χ0v) is 22.4. The number of para-hydroxylation sites is 1. The van der Waals surface area contributed by atoms with Crippen LogP contribution in [-0.4, -0.2) is 34.3 Å². The Balaban J connectivity index is 1.42. The molecule has 2 aromatic heterocycles. The van der Waals surface area contributed by atoms with Gasteiger partial charge >= 0.3 is 5.97 Å². The lowest BCUT2D eigenvalue weighted by molar-refractivity contribution is -0.113. The molecule has 1 aliphatic carbocycles. The quantitative estimate of drug-likeness (QED) is 0.183. The summed E-state index contributed by atoms with van der Waals surface area (Å²) in [5.41, 5.74) is 2.52. The van der Waals surface area contributed by atoms with Crippen LogP contribution in [0.15, 0.2) is 58.5 Å². The number of rotatable bonds is 8. The minimum Gasteiger partial charge on any atom is -0.465 e. The number of aryl methyl sites for hydroxylation is 3. The van der Waals surface area contributed by atoms with Crippen LogP contribution in [0.1, 0.15) is 39.2 Å².